The second-order valence-electron chi connectivity index (χ2n) is 4.74. The highest BCUT2D eigenvalue weighted by atomic mass is 14.8. The predicted molar refractivity (Wildman–Crippen MR) is 85.9 cm³/mol. The van der Waals surface area contributed by atoms with Gasteiger partial charge in [-0.15, -0.1) is 0 Å². The van der Waals surface area contributed by atoms with Crippen LogP contribution in [0.15, 0.2) is 59.4 Å². The highest BCUT2D eigenvalue weighted by molar-refractivity contribution is 6.09. The molecule has 2 N–H and O–H groups in total. The van der Waals surface area contributed by atoms with E-state index < -0.39 is 0 Å². The van der Waals surface area contributed by atoms with Gasteiger partial charge >= 0.3 is 0 Å². The van der Waals surface area contributed by atoms with E-state index in [0.29, 0.717) is 0 Å². The van der Waals surface area contributed by atoms with Gasteiger partial charge in [-0.3, -0.25) is 9.98 Å². The van der Waals surface area contributed by atoms with E-state index in [-0.39, 0.29) is 6.04 Å². The summed E-state index contributed by atoms with van der Waals surface area (Å²) in [5.41, 5.74) is 9.53. The van der Waals surface area contributed by atoms with Crippen molar-refractivity contribution in [1.29, 1.82) is 0 Å². The van der Waals surface area contributed by atoms with Crippen molar-refractivity contribution >= 4 is 5.71 Å². The first-order valence-corrected chi connectivity index (χ1v) is 7.03. The predicted octanol–water partition coefficient (Wildman–Crippen LogP) is 3.48. The van der Waals surface area contributed by atoms with Crippen LogP contribution in [-0.4, -0.2) is 10.7 Å². The van der Waals surface area contributed by atoms with Crippen LogP contribution in [-0.2, 0) is 0 Å². The van der Waals surface area contributed by atoms with Crippen LogP contribution in [0, 0.1) is 12.1 Å². The maximum atomic E-state index is 5.97. The largest absolute Gasteiger partial charge is 0.402 e. The van der Waals surface area contributed by atoms with Crippen molar-refractivity contribution in [2.75, 3.05) is 0 Å². The number of pyridine rings is 1. The molecule has 0 radical (unpaired) electrons. The van der Waals surface area contributed by atoms with Crippen LogP contribution >= 0.6 is 0 Å². The first kappa shape index (κ1) is 14.8. The number of nitrogens with two attached hydrogens (primary N) is 1. The second kappa shape index (κ2) is 7.25. The van der Waals surface area contributed by atoms with E-state index in [4.69, 9.17) is 10.7 Å². The Morgan fingerprint density at radius 2 is 2.24 bits per heavy atom. The molecule has 0 amide bonds. The monoisotopic (exact) mass is 277 g/mol. The standard InChI is InChI=1S/C18H19N3/c1-3-16(19)13-18(15-9-5-4-6-10-15)21-14(2)17-11-7-8-12-20-17/h5,7-14H,3,19H2,1-2H3/b16-13+,21-18+. The summed E-state index contributed by atoms with van der Waals surface area (Å²) in [4.78, 5) is 9.12. The molecule has 0 saturated carbocycles. The smallest absolute Gasteiger partial charge is 0.0898 e. The molecule has 1 heterocycles. The van der Waals surface area contributed by atoms with Crippen molar-refractivity contribution in [2.45, 2.75) is 26.3 Å². The fraction of sp³-hybridized carbons (Fsp3) is 0.222. The summed E-state index contributed by atoms with van der Waals surface area (Å²) in [5, 5.41) is 0. The number of nitrogens with zero attached hydrogens (tertiary/aromatic N) is 2. The van der Waals surface area contributed by atoms with Gasteiger partial charge in [0.2, 0.25) is 0 Å². The first-order chi connectivity index (χ1) is 10.2. The van der Waals surface area contributed by atoms with Crippen molar-refractivity contribution in [3.63, 3.8) is 0 Å². The zero-order valence-electron chi connectivity index (χ0n) is 12.4. The minimum Gasteiger partial charge on any atom is -0.402 e. The summed E-state index contributed by atoms with van der Waals surface area (Å²) >= 11 is 0. The van der Waals surface area contributed by atoms with Gasteiger partial charge in [-0.1, -0.05) is 25.1 Å². The van der Waals surface area contributed by atoms with E-state index in [1.165, 1.54) is 0 Å². The Balaban J connectivity index is 2.38. The summed E-state index contributed by atoms with van der Waals surface area (Å²) in [5.74, 6) is 0. The van der Waals surface area contributed by atoms with Gasteiger partial charge in [-0.2, -0.15) is 0 Å². The molecule has 0 aliphatic rings. The Morgan fingerprint density at radius 3 is 2.86 bits per heavy atom. The fourth-order valence-electron chi connectivity index (χ4n) is 1.88. The Kier molecular flexibility index (Phi) is 5.11. The number of hydrogen-bond donors (Lipinski definition) is 1. The van der Waals surface area contributed by atoms with Crippen molar-refractivity contribution in [1.82, 2.24) is 4.98 Å². The lowest BCUT2D eigenvalue weighted by atomic mass is 10.1. The van der Waals surface area contributed by atoms with E-state index in [1.807, 2.05) is 56.3 Å². The Labute approximate surface area is 126 Å². The van der Waals surface area contributed by atoms with Crippen LogP contribution in [0.5, 0.6) is 0 Å². The van der Waals surface area contributed by atoms with E-state index in [0.717, 1.165) is 29.1 Å². The number of aromatic nitrogens is 1. The van der Waals surface area contributed by atoms with Gasteiger partial charge in [0.05, 0.1) is 17.4 Å². The molecule has 0 aliphatic carbocycles. The summed E-state index contributed by atoms with van der Waals surface area (Å²) < 4.78 is 0. The lowest BCUT2D eigenvalue weighted by molar-refractivity contribution is 0.784. The van der Waals surface area contributed by atoms with Crippen LogP contribution in [0.2, 0.25) is 0 Å². The van der Waals surface area contributed by atoms with Crippen LogP contribution in [0.1, 0.15) is 37.6 Å². The molecule has 3 heteroatoms. The van der Waals surface area contributed by atoms with E-state index in [2.05, 4.69) is 17.1 Å². The third-order valence-corrected chi connectivity index (χ3v) is 3.13. The van der Waals surface area contributed by atoms with Gasteiger partial charge < -0.3 is 5.73 Å². The third kappa shape index (κ3) is 4.19. The minimum absolute atomic E-state index is 0.0358. The minimum atomic E-state index is -0.0358. The lowest BCUT2D eigenvalue weighted by Gasteiger charge is -2.09. The molecule has 1 aromatic heterocycles. The zero-order valence-corrected chi connectivity index (χ0v) is 12.4. The molecular formula is C18H19N3. The van der Waals surface area contributed by atoms with Crippen LogP contribution in [0.25, 0.3) is 0 Å². The van der Waals surface area contributed by atoms with Gasteiger partial charge in [-0.05, 0) is 49.8 Å². The molecule has 2 rings (SSSR count). The van der Waals surface area contributed by atoms with Crippen molar-refractivity contribution in [2.24, 2.45) is 10.7 Å². The molecule has 0 saturated heterocycles. The maximum Gasteiger partial charge on any atom is 0.0898 e. The van der Waals surface area contributed by atoms with Gasteiger partial charge in [0.25, 0.3) is 0 Å². The molecule has 2 aromatic rings. The molecule has 1 aromatic carbocycles. The van der Waals surface area contributed by atoms with Crippen molar-refractivity contribution in [3.05, 3.63) is 77.8 Å². The summed E-state index contributed by atoms with van der Waals surface area (Å²) in [6.07, 6.45) is 4.49. The summed E-state index contributed by atoms with van der Waals surface area (Å²) in [6, 6.07) is 17.3. The quantitative estimate of drug-likeness (QED) is 0.851. The van der Waals surface area contributed by atoms with Gasteiger partial charge in [0.1, 0.15) is 0 Å². The first-order valence-electron chi connectivity index (χ1n) is 7.03. The molecule has 0 spiro atoms. The average Bonchev–Trinajstić information content (AvgIpc) is 2.55. The maximum absolute atomic E-state index is 5.97. The van der Waals surface area contributed by atoms with Crippen molar-refractivity contribution < 1.29 is 0 Å². The zero-order chi connectivity index (χ0) is 15.1. The normalized spacial score (nSPS) is 13.6. The lowest BCUT2D eigenvalue weighted by Crippen LogP contribution is -2.06. The van der Waals surface area contributed by atoms with Crippen LogP contribution in [0.4, 0.5) is 0 Å². The second-order valence-corrected chi connectivity index (χ2v) is 4.74. The summed E-state index contributed by atoms with van der Waals surface area (Å²) in [7, 11) is 0. The SMILES string of the molecule is CC/C(N)=C\C(=N/C(C)c1ccccn1)c1cc#ccc1. The van der Waals surface area contributed by atoms with E-state index in [9.17, 15) is 0 Å². The van der Waals surface area contributed by atoms with Crippen molar-refractivity contribution in [3.8, 4) is 0 Å². The Bertz CT molecular complexity index is 615. The number of hydrogen-bond acceptors (Lipinski definition) is 3. The molecule has 1 unspecified atom stereocenters. The number of allylic oxidation sites excluding steroid dienone is 2. The Hall–Kier alpha value is -2.60. The van der Waals surface area contributed by atoms with E-state index in [1.54, 1.807) is 6.20 Å². The van der Waals surface area contributed by atoms with Gasteiger partial charge in [0, 0.05) is 17.5 Å². The van der Waals surface area contributed by atoms with Crippen LogP contribution < -0.4 is 5.73 Å². The molecule has 0 fully saturated rings. The molecule has 1 atom stereocenters. The van der Waals surface area contributed by atoms with Crippen LogP contribution in [0.3, 0.4) is 0 Å². The summed E-state index contributed by atoms with van der Waals surface area (Å²) in [6.45, 7) is 4.05. The third-order valence-electron chi connectivity index (χ3n) is 3.13. The highest BCUT2D eigenvalue weighted by Crippen LogP contribution is 2.16. The fourth-order valence-corrected chi connectivity index (χ4v) is 1.88. The molecular weight excluding hydrogens is 258 g/mol. The van der Waals surface area contributed by atoms with Gasteiger partial charge in [0.15, 0.2) is 0 Å². The molecule has 3 nitrogen and oxygen atoms in total. The Morgan fingerprint density at radius 1 is 1.38 bits per heavy atom. The number of rotatable bonds is 5. The average molecular weight is 277 g/mol. The molecule has 21 heavy (non-hydrogen) atoms. The van der Waals surface area contributed by atoms with E-state index >= 15 is 0 Å². The molecule has 0 aliphatic heterocycles. The topological polar surface area (TPSA) is 51.3 Å². The van der Waals surface area contributed by atoms with Gasteiger partial charge in [-0.25, -0.2) is 0 Å². The highest BCUT2D eigenvalue weighted by Gasteiger charge is 2.07. The molecule has 106 valence electrons. The molecule has 0 bridgehead atoms. The number of aliphatic imine (C=N–C) groups is 1.